The van der Waals surface area contributed by atoms with Gasteiger partial charge in [0.1, 0.15) is 0 Å². The van der Waals surface area contributed by atoms with Gasteiger partial charge in [-0.1, -0.05) is 12.8 Å². The number of fused-ring (bicyclic) bond motifs is 1. The molecule has 1 spiro atoms. The maximum absolute atomic E-state index is 12.8. The van der Waals surface area contributed by atoms with Gasteiger partial charge in [-0.15, -0.1) is 0 Å². The molecule has 7 heteroatoms. The van der Waals surface area contributed by atoms with Crippen molar-refractivity contribution in [1.82, 2.24) is 19.8 Å². The third-order valence-corrected chi connectivity index (χ3v) is 7.60. The van der Waals surface area contributed by atoms with Gasteiger partial charge in [0.15, 0.2) is 0 Å². The van der Waals surface area contributed by atoms with Gasteiger partial charge in [-0.3, -0.25) is 19.4 Å². The summed E-state index contributed by atoms with van der Waals surface area (Å²) >= 11 is 0. The Balaban J connectivity index is 1.17. The third kappa shape index (κ3) is 3.77. The van der Waals surface area contributed by atoms with Crippen molar-refractivity contribution in [3.8, 4) is 0 Å². The number of carbonyl (C=O) groups excluding carboxylic acids is 2. The number of likely N-dealkylation sites (tertiary alicyclic amines) is 1. The molecule has 5 rings (SSSR count). The molecule has 0 unspecified atom stereocenters. The molecule has 0 N–H and O–H groups in total. The number of imide groups is 1. The minimum atomic E-state index is -0.00182. The summed E-state index contributed by atoms with van der Waals surface area (Å²) in [6.45, 7) is 4.47. The molecule has 3 saturated heterocycles. The molecule has 2 atom stereocenters. The van der Waals surface area contributed by atoms with Crippen molar-refractivity contribution < 1.29 is 9.59 Å². The van der Waals surface area contributed by atoms with Crippen molar-refractivity contribution in [3.05, 3.63) is 18.5 Å². The van der Waals surface area contributed by atoms with Gasteiger partial charge < -0.3 is 4.90 Å². The number of amides is 2. The van der Waals surface area contributed by atoms with E-state index in [4.69, 9.17) is 0 Å². The van der Waals surface area contributed by atoms with Gasteiger partial charge in [0.25, 0.3) is 0 Å². The van der Waals surface area contributed by atoms with Crippen LogP contribution < -0.4 is 4.90 Å². The molecule has 2 amide bonds. The summed E-state index contributed by atoms with van der Waals surface area (Å²) in [5.41, 5.74) is -0.00182. The second-order valence-corrected chi connectivity index (χ2v) is 9.55. The lowest BCUT2D eigenvalue weighted by molar-refractivity contribution is -0.154. The van der Waals surface area contributed by atoms with Crippen LogP contribution in [0.4, 0.5) is 5.95 Å². The summed E-state index contributed by atoms with van der Waals surface area (Å²) in [6.07, 6.45) is 11.4. The molecular weight excluding hydrogens is 366 g/mol. The molecule has 4 heterocycles. The van der Waals surface area contributed by atoms with Gasteiger partial charge in [-0.25, -0.2) is 9.97 Å². The molecule has 4 aliphatic rings. The van der Waals surface area contributed by atoms with Crippen LogP contribution >= 0.6 is 0 Å². The molecule has 4 fully saturated rings. The summed E-state index contributed by atoms with van der Waals surface area (Å²) in [5.74, 6) is 1.38. The SMILES string of the molecule is O=C1CC2(CCCC2)CC(=O)N1C[C@@H]1CC[C@H]2CN(c3ncccn3)CCN2C1. The van der Waals surface area contributed by atoms with Crippen LogP contribution in [0.1, 0.15) is 51.4 Å². The lowest BCUT2D eigenvalue weighted by atomic mass is 9.76. The van der Waals surface area contributed by atoms with E-state index in [1.807, 2.05) is 6.07 Å². The normalized spacial score (nSPS) is 30.1. The van der Waals surface area contributed by atoms with E-state index in [1.165, 1.54) is 12.8 Å². The first kappa shape index (κ1) is 19.0. The van der Waals surface area contributed by atoms with Gasteiger partial charge >= 0.3 is 0 Å². The Morgan fingerprint density at radius 1 is 0.966 bits per heavy atom. The van der Waals surface area contributed by atoms with E-state index in [0.29, 0.717) is 31.3 Å². The fraction of sp³-hybridized carbons (Fsp3) is 0.727. The molecule has 1 aromatic rings. The highest BCUT2D eigenvalue weighted by Gasteiger charge is 2.46. The second-order valence-electron chi connectivity index (χ2n) is 9.55. The topological polar surface area (TPSA) is 69.6 Å². The number of carbonyl (C=O) groups is 2. The average Bonchev–Trinajstić information content (AvgIpc) is 3.18. The molecule has 7 nitrogen and oxygen atoms in total. The third-order valence-electron chi connectivity index (χ3n) is 7.60. The first-order valence-corrected chi connectivity index (χ1v) is 11.2. The number of hydrogen-bond donors (Lipinski definition) is 0. The summed E-state index contributed by atoms with van der Waals surface area (Å²) in [6, 6.07) is 2.36. The van der Waals surface area contributed by atoms with E-state index in [1.54, 1.807) is 17.3 Å². The van der Waals surface area contributed by atoms with Crippen LogP contribution in [0.3, 0.4) is 0 Å². The van der Waals surface area contributed by atoms with E-state index >= 15 is 0 Å². The zero-order valence-electron chi connectivity index (χ0n) is 17.1. The molecule has 156 valence electrons. The van der Waals surface area contributed by atoms with Crippen molar-refractivity contribution in [3.63, 3.8) is 0 Å². The highest BCUT2D eigenvalue weighted by molar-refractivity contribution is 5.98. The number of rotatable bonds is 3. The van der Waals surface area contributed by atoms with Crippen molar-refractivity contribution >= 4 is 17.8 Å². The van der Waals surface area contributed by atoms with E-state index in [9.17, 15) is 9.59 Å². The van der Waals surface area contributed by atoms with Gasteiger partial charge in [0.2, 0.25) is 17.8 Å². The quantitative estimate of drug-likeness (QED) is 0.728. The maximum Gasteiger partial charge on any atom is 0.229 e. The number of anilines is 1. The number of aromatic nitrogens is 2. The standard InChI is InChI=1S/C22H31N5O2/c28-19-12-22(6-1-2-7-22)13-20(29)27(19)15-17-4-5-18-16-26(11-10-25(18)14-17)21-23-8-3-9-24-21/h3,8-9,17-18H,1-2,4-7,10-16H2/t17-,18+/m1/s1. The average molecular weight is 398 g/mol. The van der Waals surface area contributed by atoms with Crippen LogP contribution in [0.2, 0.25) is 0 Å². The zero-order chi connectivity index (χ0) is 19.8. The van der Waals surface area contributed by atoms with Crippen molar-refractivity contribution in [2.24, 2.45) is 11.3 Å². The molecule has 29 heavy (non-hydrogen) atoms. The Kier molecular flexibility index (Phi) is 5.02. The number of nitrogens with zero attached hydrogens (tertiary/aromatic N) is 5. The van der Waals surface area contributed by atoms with Crippen LogP contribution in [-0.2, 0) is 9.59 Å². The Hall–Kier alpha value is -2.02. The lowest BCUT2D eigenvalue weighted by Gasteiger charge is -2.47. The van der Waals surface area contributed by atoms with E-state index in [0.717, 1.165) is 57.8 Å². The Bertz CT molecular complexity index is 744. The fourth-order valence-corrected chi connectivity index (χ4v) is 6.02. The predicted molar refractivity (Wildman–Crippen MR) is 109 cm³/mol. The van der Waals surface area contributed by atoms with Crippen molar-refractivity contribution in [2.45, 2.75) is 57.4 Å². The minimum Gasteiger partial charge on any atom is -0.338 e. The smallest absolute Gasteiger partial charge is 0.229 e. The predicted octanol–water partition coefficient (Wildman–Crippen LogP) is 2.09. The summed E-state index contributed by atoms with van der Waals surface area (Å²) in [5, 5.41) is 0. The van der Waals surface area contributed by atoms with Crippen LogP contribution in [0.25, 0.3) is 0 Å². The molecule has 0 aromatic carbocycles. The van der Waals surface area contributed by atoms with Crippen LogP contribution in [0.5, 0.6) is 0 Å². The zero-order valence-corrected chi connectivity index (χ0v) is 17.1. The maximum atomic E-state index is 12.8. The van der Waals surface area contributed by atoms with Crippen molar-refractivity contribution in [1.29, 1.82) is 0 Å². The molecule has 1 aromatic heterocycles. The van der Waals surface area contributed by atoms with E-state index in [-0.39, 0.29) is 17.2 Å². The number of hydrogen-bond acceptors (Lipinski definition) is 6. The first-order chi connectivity index (χ1) is 14.1. The second kappa shape index (κ2) is 7.67. The summed E-state index contributed by atoms with van der Waals surface area (Å²) < 4.78 is 0. The number of piperazine rings is 1. The highest BCUT2D eigenvalue weighted by Crippen LogP contribution is 2.47. The summed E-state index contributed by atoms with van der Waals surface area (Å²) in [4.78, 5) is 40.8. The fourth-order valence-electron chi connectivity index (χ4n) is 6.02. The van der Waals surface area contributed by atoms with Gasteiger partial charge in [-0.05, 0) is 43.1 Å². The lowest BCUT2D eigenvalue weighted by Crippen LogP contribution is -2.58. The molecular formula is C22H31N5O2. The summed E-state index contributed by atoms with van der Waals surface area (Å²) in [7, 11) is 0. The monoisotopic (exact) mass is 397 g/mol. The van der Waals surface area contributed by atoms with E-state index < -0.39 is 0 Å². The molecule has 0 bridgehead atoms. The van der Waals surface area contributed by atoms with Crippen molar-refractivity contribution in [2.75, 3.05) is 37.6 Å². The molecule has 3 aliphatic heterocycles. The Morgan fingerprint density at radius 2 is 1.69 bits per heavy atom. The van der Waals surface area contributed by atoms with E-state index in [2.05, 4.69) is 19.8 Å². The highest BCUT2D eigenvalue weighted by atomic mass is 16.2. The number of piperidine rings is 2. The van der Waals surface area contributed by atoms with Crippen LogP contribution in [0, 0.1) is 11.3 Å². The largest absolute Gasteiger partial charge is 0.338 e. The van der Waals surface area contributed by atoms with Crippen LogP contribution in [-0.4, -0.2) is 70.3 Å². The molecule has 1 aliphatic carbocycles. The van der Waals surface area contributed by atoms with Gasteiger partial charge in [0, 0.05) is 64.0 Å². The Morgan fingerprint density at radius 3 is 2.41 bits per heavy atom. The van der Waals surface area contributed by atoms with Gasteiger partial charge in [0.05, 0.1) is 0 Å². The molecule has 1 saturated carbocycles. The molecule has 0 radical (unpaired) electrons. The Labute approximate surface area is 172 Å². The minimum absolute atomic E-state index is 0.00182. The van der Waals surface area contributed by atoms with Gasteiger partial charge in [-0.2, -0.15) is 0 Å². The first-order valence-electron chi connectivity index (χ1n) is 11.2. The van der Waals surface area contributed by atoms with Crippen LogP contribution in [0.15, 0.2) is 18.5 Å².